The van der Waals surface area contributed by atoms with Crippen molar-refractivity contribution < 1.29 is 13.6 Å². The fourth-order valence-electron chi connectivity index (χ4n) is 0.753. The predicted molar refractivity (Wildman–Crippen MR) is 36.4 cm³/mol. The highest BCUT2D eigenvalue weighted by Gasteiger charge is 2.17. The molecular weight excluding hydrogens is 150 g/mol. The molecule has 1 atom stereocenters. The molecule has 0 saturated heterocycles. The third-order valence-corrected chi connectivity index (χ3v) is 1.29. The van der Waals surface area contributed by atoms with E-state index in [-0.39, 0.29) is 5.56 Å². The molecule has 0 heterocycles. The van der Waals surface area contributed by atoms with Crippen molar-refractivity contribution in [3.63, 3.8) is 0 Å². The maximum absolute atomic E-state index is 12.5. The molecule has 1 rings (SSSR count). The van der Waals surface area contributed by atoms with Gasteiger partial charge in [0.15, 0.2) is 0 Å². The summed E-state index contributed by atoms with van der Waals surface area (Å²) < 4.78 is 24.3. The van der Waals surface area contributed by atoms with E-state index in [0.29, 0.717) is 0 Å². The second-order valence-electron chi connectivity index (χ2n) is 2.08. The van der Waals surface area contributed by atoms with E-state index >= 15 is 0 Å². The lowest BCUT2D eigenvalue weighted by atomic mass is 10.1. The first kappa shape index (κ1) is 7.85. The van der Waals surface area contributed by atoms with Gasteiger partial charge in [0.1, 0.15) is 0 Å². The van der Waals surface area contributed by atoms with Gasteiger partial charge >= 0.3 is 6.04 Å². The smallest absolute Gasteiger partial charge is 0.257 e. The number of carbonyl (C=O) groups excluding carboxylic acids is 1. The largest absolute Gasteiger partial charge is 0.339 e. The Bertz CT molecular complexity index is 246. The molecular formula is C8H6F2O. The van der Waals surface area contributed by atoms with E-state index in [0.717, 1.165) is 0 Å². The van der Waals surface area contributed by atoms with Crippen LogP contribution in [0.4, 0.5) is 8.78 Å². The zero-order chi connectivity index (χ0) is 8.27. The van der Waals surface area contributed by atoms with Crippen molar-refractivity contribution >= 4 is 6.04 Å². The molecule has 0 fully saturated rings. The lowest BCUT2D eigenvalue weighted by Gasteiger charge is -1.99. The maximum Gasteiger partial charge on any atom is 0.339 e. The Morgan fingerprint density at radius 2 is 1.82 bits per heavy atom. The SMILES string of the molecule is O=C(F)C(F)c1ccccc1. The van der Waals surface area contributed by atoms with Crippen LogP contribution in [-0.2, 0) is 4.79 Å². The summed E-state index contributed by atoms with van der Waals surface area (Å²) >= 11 is 0. The third-order valence-electron chi connectivity index (χ3n) is 1.29. The van der Waals surface area contributed by atoms with Gasteiger partial charge in [-0.3, -0.25) is 4.79 Å². The Morgan fingerprint density at radius 3 is 2.27 bits per heavy atom. The minimum Gasteiger partial charge on any atom is -0.257 e. The summed E-state index contributed by atoms with van der Waals surface area (Å²) in [6.45, 7) is 0. The standard InChI is InChI=1S/C8H6F2O/c9-7(8(10)11)6-4-2-1-3-5-6/h1-5,7H. The Balaban J connectivity index is 2.85. The summed E-state index contributed by atoms with van der Waals surface area (Å²) in [6, 6.07) is 5.54. The van der Waals surface area contributed by atoms with E-state index in [9.17, 15) is 13.6 Å². The van der Waals surface area contributed by atoms with E-state index in [1.54, 1.807) is 18.2 Å². The van der Waals surface area contributed by atoms with Crippen molar-refractivity contribution in [2.45, 2.75) is 6.17 Å². The molecule has 0 aliphatic heterocycles. The molecule has 0 radical (unpaired) electrons. The van der Waals surface area contributed by atoms with Gasteiger partial charge in [0, 0.05) is 0 Å². The lowest BCUT2D eigenvalue weighted by molar-refractivity contribution is -0.134. The highest BCUT2D eigenvalue weighted by molar-refractivity contribution is 5.74. The monoisotopic (exact) mass is 156 g/mol. The molecule has 1 unspecified atom stereocenters. The van der Waals surface area contributed by atoms with Crippen molar-refractivity contribution in [2.75, 3.05) is 0 Å². The van der Waals surface area contributed by atoms with Gasteiger partial charge in [-0.05, 0) is 5.56 Å². The van der Waals surface area contributed by atoms with Gasteiger partial charge in [0.05, 0.1) is 0 Å². The first-order chi connectivity index (χ1) is 5.22. The van der Waals surface area contributed by atoms with Crippen LogP contribution in [0.25, 0.3) is 0 Å². The molecule has 1 aromatic carbocycles. The Morgan fingerprint density at radius 1 is 1.27 bits per heavy atom. The third kappa shape index (κ3) is 1.83. The number of benzene rings is 1. The Kier molecular flexibility index (Phi) is 2.31. The zero-order valence-corrected chi connectivity index (χ0v) is 5.63. The van der Waals surface area contributed by atoms with Crippen LogP contribution < -0.4 is 0 Å². The second kappa shape index (κ2) is 3.23. The van der Waals surface area contributed by atoms with Gasteiger partial charge in [0.2, 0.25) is 6.17 Å². The van der Waals surface area contributed by atoms with Gasteiger partial charge < -0.3 is 0 Å². The van der Waals surface area contributed by atoms with Crippen molar-refractivity contribution in [1.29, 1.82) is 0 Å². The van der Waals surface area contributed by atoms with Gasteiger partial charge in [0.25, 0.3) is 0 Å². The van der Waals surface area contributed by atoms with Gasteiger partial charge in [-0.25, -0.2) is 4.39 Å². The molecule has 0 spiro atoms. The van der Waals surface area contributed by atoms with E-state index in [4.69, 9.17) is 0 Å². The quantitative estimate of drug-likeness (QED) is 0.600. The number of hydrogen-bond donors (Lipinski definition) is 0. The number of rotatable bonds is 2. The number of halogens is 2. The predicted octanol–water partition coefficient (Wildman–Crippen LogP) is 2.19. The molecule has 11 heavy (non-hydrogen) atoms. The molecule has 0 amide bonds. The van der Waals surface area contributed by atoms with Crippen LogP contribution in [-0.4, -0.2) is 6.04 Å². The lowest BCUT2D eigenvalue weighted by Crippen LogP contribution is -2.00. The average molecular weight is 156 g/mol. The van der Waals surface area contributed by atoms with Gasteiger partial charge in [-0.2, -0.15) is 4.39 Å². The van der Waals surface area contributed by atoms with Crippen LogP contribution in [0.5, 0.6) is 0 Å². The highest BCUT2D eigenvalue weighted by Crippen LogP contribution is 2.17. The van der Waals surface area contributed by atoms with Gasteiger partial charge in [-0.15, -0.1) is 0 Å². The normalized spacial score (nSPS) is 12.5. The first-order valence-corrected chi connectivity index (χ1v) is 3.10. The molecule has 0 saturated carbocycles. The first-order valence-electron chi connectivity index (χ1n) is 3.10. The van der Waals surface area contributed by atoms with E-state index in [2.05, 4.69) is 0 Å². The highest BCUT2D eigenvalue weighted by atomic mass is 19.2. The van der Waals surface area contributed by atoms with E-state index in [1.807, 2.05) is 0 Å². The molecule has 0 aliphatic rings. The topological polar surface area (TPSA) is 17.1 Å². The molecule has 3 heteroatoms. The number of carbonyl (C=O) groups is 1. The molecule has 1 nitrogen and oxygen atoms in total. The summed E-state index contributed by atoms with van der Waals surface area (Å²) in [5.41, 5.74) is 0.0556. The van der Waals surface area contributed by atoms with Crippen molar-refractivity contribution in [3.8, 4) is 0 Å². The number of alkyl halides is 1. The van der Waals surface area contributed by atoms with Crippen molar-refractivity contribution in [3.05, 3.63) is 35.9 Å². The van der Waals surface area contributed by atoms with Gasteiger partial charge in [-0.1, -0.05) is 30.3 Å². The van der Waals surface area contributed by atoms with Crippen LogP contribution >= 0.6 is 0 Å². The van der Waals surface area contributed by atoms with Crippen LogP contribution in [0.15, 0.2) is 30.3 Å². The van der Waals surface area contributed by atoms with E-state index in [1.165, 1.54) is 12.1 Å². The van der Waals surface area contributed by atoms with Crippen LogP contribution in [0.1, 0.15) is 11.7 Å². The molecule has 0 bridgehead atoms. The summed E-state index contributed by atoms with van der Waals surface area (Å²) in [6.07, 6.45) is -2.13. The fourth-order valence-corrected chi connectivity index (χ4v) is 0.753. The maximum atomic E-state index is 12.5. The zero-order valence-electron chi connectivity index (χ0n) is 5.63. The van der Waals surface area contributed by atoms with Crippen LogP contribution in [0.3, 0.4) is 0 Å². The summed E-state index contributed by atoms with van der Waals surface area (Å²) in [4.78, 5) is 9.90. The van der Waals surface area contributed by atoms with Crippen molar-refractivity contribution in [1.82, 2.24) is 0 Å². The van der Waals surface area contributed by atoms with Crippen LogP contribution in [0, 0.1) is 0 Å². The molecule has 0 aromatic heterocycles. The second-order valence-corrected chi connectivity index (χ2v) is 2.08. The average Bonchev–Trinajstić information content (AvgIpc) is 2.05. The molecule has 0 aliphatic carbocycles. The van der Waals surface area contributed by atoms with E-state index < -0.39 is 12.2 Å². The fraction of sp³-hybridized carbons (Fsp3) is 0.125. The summed E-state index contributed by atoms with van der Waals surface area (Å²) in [7, 11) is 0. The molecule has 0 N–H and O–H groups in total. The van der Waals surface area contributed by atoms with Crippen LogP contribution in [0.2, 0.25) is 0 Å². The Labute approximate surface area is 62.7 Å². The van der Waals surface area contributed by atoms with Crippen molar-refractivity contribution in [2.24, 2.45) is 0 Å². The summed E-state index contributed by atoms with van der Waals surface area (Å²) in [5, 5.41) is 0. The summed E-state index contributed by atoms with van der Waals surface area (Å²) in [5.74, 6) is 0. The molecule has 58 valence electrons. The minimum absolute atomic E-state index is 0.0556. The molecule has 1 aromatic rings. The Hall–Kier alpha value is -1.25. The number of hydrogen-bond acceptors (Lipinski definition) is 1. The minimum atomic E-state index is -2.13.